The van der Waals surface area contributed by atoms with Crippen LogP contribution in [0.2, 0.25) is 0 Å². The molecule has 12 nitrogen and oxygen atoms in total. The molecule has 7 rings (SSSR count). The molecule has 5 aromatic rings. The average molecular weight is 729 g/mol. The summed E-state index contributed by atoms with van der Waals surface area (Å²) in [4.78, 5) is 63.5. The molecule has 2 aliphatic rings. The number of piperazine rings is 1. The van der Waals surface area contributed by atoms with Crippen LogP contribution in [0, 0.1) is 6.92 Å². The largest absolute Gasteiger partial charge is 0.354 e. The second-order valence-electron chi connectivity index (χ2n) is 14.7. The van der Waals surface area contributed by atoms with E-state index in [0.717, 1.165) is 95.8 Å². The van der Waals surface area contributed by atoms with Crippen LogP contribution in [-0.2, 0) is 29.1 Å². The number of rotatable bonds is 11. The molecule has 2 saturated heterocycles. The van der Waals surface area contributed by atoms with Crippen LogP contribution in [0.3, 0.4) is 0 Å². The average Bonchev–Trinajstić information content (AvgIpc) is 3.60. The van der Waals surface area contributed by atoms with Gasteiger partial charge in [-0.15, -0.1) is 0 Å². The van der Waals surface area contributed by atoms with Crippen LogP contribution < -0.4 is 21.1 Å². The van der Waals surface area contributed by atoms with Gasteiger partial charge in [0.15, 0.2) is 0 Å². The summed E-state index contributed by atoms with van der Waals surface area (Å²) in [6.45, 7) is 12.2. The predicted molar refractivity (Wildman–Crippen MR) is 209 cm³/mol. The molecule has 0 saturated carbocycles. The normalized spacial score (nSPS) is 16.6. The van der Waals surface area contributed by atoms with Gasteiger partial charge in [0.1, 0.15) is 5.82 Å². The number of nitrogens with one attached hydrogen (secondary N) is 3. The van der Waals surface area contributed by atoms with E-state index in [1.807, 2.05) is 60.3 Å². The number of pyridine rings is 2. The third-order valence-corrected chi connectivity index (χ3v) is 10.6. The van der Waals surface area contributed by atoms with Crippen LogP contribution >= 0.6 is 0 Å². The SMILES string of the molecule is CCCc1cc(C)[nH]c(=O)c1CNC(=O)c1cc(-c2ccc(N3CCN(Cc4ccccc4C4CCC(=O)NC4=O)CC3)nc2)cc2c1cnn2C(C)C. The second kappa shape index (κ2) is 15.8. The maximum absolute atomic E-state index is 13.9. The van der Waals surface area contributed by atoms with Gasteiger partial charge in [-0.2, -0.15) is 5.10 Å². The number of H-pyrrole nitrogens is 1. The molecule has 0 aliphatic carbocycles. The van der Waals surface area contributed by atoms with Gasteiger partial charge in [-0.05, 0) is 86.2 Å². The van der Waals surface area contributed by atoms with Crippen LogP contribution in [-0.4, -0.2) is 68.5 Å². The van der Waals surface area contributed by atoms with Crippen molar-refractivity contribution in [3.05, 3.63) is 111 Å². The number of benzene rings is 2. The van der Waals surface area contributed by atoms with Crippen LogP contribution in [0.1, 0.15) is 90.3 Å². The van der Waals surface area contributed by atoms with E-state index in [9.17, 15) is 19.2 Å². The molecule has 2 aromatic carbocycles. The first-order valence-corrected chi connectivity index (χ1v) is 19.0. The maximum Gasteiger partial charge on any atom is 0.253 e. The lowest BCUT2D eigenvalue weighted by molar-refractivity contribution is -0.134. The predicted octanol–water partition coefficient (Wildman–Crippen LogP) is 5.40. The number of carbonyl (C=O) groups excluding carboxylic acids is 3. The molecule has 3 amide bonds. The minimum atomic E-state index is -0.303. The standard InChI is InChI=1S/C42H48N8O4/c1-5-8-28-19-27(4)46-42(54)35(28)23-44-40(52)34-20-31(21-37-36(34)24-45-50(37)26(2)3)29-11-13-38(43-22-29)49-17-15-48(16-18-49)25-30-9-6-7-10-32(30)33-12-14-39(51)47-41(33)53/h6-7,9-11,13,19-22,24,26,33H,5,8,12,14-18,23,25H2,1-4H3,(H,44,52)(H,46,54)(H,47,51,53). The van der Waals surface area contributed by atoms with Gasteiger partial charge in [-0.3, -0.25) is 34.1 Å². The molecular weight excluding hydrogens is 681 g/mol. The van der Waals surface area contributed by atoms with E-state index in [0.29, 0.717) is 24.0 Å². The number of aromatic nitrogens is 4. The first-order chi connectivity index (χ1) is 26.1. The van der Waals surface area contributed by atoms with E-state index in [1.165, 1.54) is 0 Å². The van der Waals surface area contributed by atoms with Gasteiger partial charge in [0.2, 0.25) is 11.8 Å². The fourth-order valence-corrected chi connectivity index (χ4v) is 7.77. The highest BCUT2D eigenvalue weighted by Gasteiger charge is 2.30. The third kappa shape index (κ3) is 7.70. The molecule has 2 fully saturated rings. The topological polar surface area (TPSA) is 145 Å². The summed E-state index contributed by atoms with van der Waals surface area (Å²) in [5.41, 5.74) is 7.38. The second-order valence-corrected chi connectivity index (χ2v) is 14.7. The van der Waals surface area contributed by atoms with Crippen molar-refractivity contribution in [1.82, 2.24) is 35.3 Å². The van der Waals surface area contributed by atoms with Crippen molar-refractivity contribution in [2.75, 3.05) is 31.1 Å². The van der Waals surface area contributed by atoms with Crippen molar-refractivity contribution in [3.63, 3.8) is 0 Å². The Morgan fingerprint density at radius 2 is 1.76 bits per heavy atom. The molecule has 280 valence electrons. The van der Waals surface area contributed by atoms with Gasteiger partial charge in [-0.25, -0.2) is 4.98 Å². The molecule has 0 bridgehead atoms. The zero-order chi connectivity index (χ0) is 37.9. The van der Waals surface area contributed by atoms with Crippen molar-refractivity contribution >= 4 is 34.4 Å². The number of imide groups is 1. The number of fused-ring (bicyclic) bond motifs is 1. The number of aryl methyl sites for hydroxylation is 2. The number of nitrogens with zero attached hydrogens (tertiary/aromatic N) is 5. The highest BCUT2D eigenvalue weighted by molar-refractivity contribution is 6.08. The van der Waals surface area contributed by atoms with E-state index in [1.54, 1.807) is 6.20 Å². The zero-order valence-electron chi connectivity index (χ0n) is 31.4. The van der Waals surface area contributed by atoms with Gasteiger partial charge in [0.05, 0.1) is 23.2 Å². The van der Waals surface area contributed by atoms with E-state index < -0.39 is 0 Å². The Balaban J connectivity index is 1.06. The highest BCUT2D eigenvalue weighted by atomic mass is 16.2. The van der Waals surface area contributed by atoms with Crippen molar-refractivity contribution in [2.45, 2.75) is 78.4 Å². The molecule has 3 N–H and O–H groups in total. The minimum absolute atomic E-state index is 0.0847. The number of carbonyl (C=O) groups is 3. The molecule has 5 heterocycles. The van der Waals surface area contributed by atoms with E-state index in [2.05, 4.69) is 63.4 Å². The van der Waals surface area contributed by atoms with Crippen LogP contribution in [0.4, 0.5) is 5.82 Å². The summed E-state index contributed by atoms with van der Waals surface area (Å²) in [5, 5.41) is 10.9. The number of piperidine rings is 1. The summed E-state index contributed by atoms with van der Waals surface area (Å²) in [7, 11) is 0. The molecule has 12 heteroatoms. The van der Waals surface area contributed by atoms with Crippen molar-refractivity contribution in [1.29, 1.82) is 0 Å². The molecule has 1 unspecified atom stereocenters. The Morgan fingerprint density at radius 3 is 2.48 bits per heavy atom. The van der Waals surface area contributed by atoms with Crippen molar-refractivity contribution in [2.24, 2.45) is 0 Å². The third-order valence-electron chi connectivity index (χ3n) is 10.6. The number of hydrogen-bond donors (Lipinski definition) is 3. The lowest BCUT2D eigenvalue weighted by atomic mass is 9.87. The summed E-state index contributed by atoms with van der Waals surface area (Å²) in [5.74, 6) is -0.0917. The lowest BCUT2D eigenvalue weighted by Crippen LogP contribution is -2.46. The monoisotopic (exact) mass is 728 g/mol. The number of hydrogen-bond acceptors (Lipinski definition) is 8. The Hall–Kier alpha value is -5.62. The van der Waals surface area contributed by atoms with Gasteiger partial charge in [-0.1, -0.05) is 37.6 Å². The fraction of sp³-hybridized carbons (Fsp3) is 0.381. The Morgan fingerprint density at radius 1 is 0.963 bits per heavy atom. The van der Waals surface area contributed by atoms with Crippen molar-refractivity contribution in [3.8, 4) is 11.1 Å². The molecule has 1 atom stereocenters. The van der Waals surface area contributed by atoms with Crippen LogP contribution in [0.25, 0.3) is 22.0 Å². The van der Waals surface area contributed by atoms with Crippen LogP contribution in [0.15, 0.2) is 71.8 Å². The quantitative estimate of drug-likeness (QED) is 0.153. The van der Waals surface area contributed by atoms with Gasteiger partial charge in [0, 0.05) is 80.1 Å². The van der Waals surface area contributed by atoms with Crippen LogP contribution in [0.5, 0.6) is 0 Å². The molecule has 3 aromatic heterocycles. The fourth-order valence-electron chi connectivity index (χ4n) is 7.77. The Bertz CT molecular complexity index is 2250. The van der Waals surface area contributed by atoms with E-state index >= 15 is 0 Å². The summed E-state index contributed by atoms with van der Waals surface area (Å²) in [6.07, 6.45) is 6.16. The van der Waals surface area contributed by atoms with E-state index in [4.69, 9.17) is 4.98 Å². The van der Waals surface area contributed by atoms with Crippen molar-refractivity contribution < 1.29 is 14.4 Å². The molecular formula is C42H48N8O4. The Labute approximate surface area is 315 Å². The van der Waals surface area contributed by atoms with E-state index in [-0.39, 0.29) is 41.8 Å². The summed E-state index contributed by atoms with van der Waals surface area (Å²) < 4.78 is 1.92. The van der Waals surface area contributed by atoms with Gasteiger partial charge < -0.3 is 15.2 Å². The molecule has 0 radical (unpaired) electrons. The number of aromatic amines is 1. The lowest BCUT2D eigenvalue weighted by Gasteiger charge is -2.36. The Kier molecular flexibility index (Phi) is 10.7. The maximum atomic E-state index is 13.9. The first kappa shape index (κ1) is 36.7. The van der Waals surface area contributed by atoms with Gasteiger partial charge in [0.25, 0.3) is 11.5 Å². The highest BCUT2D eigenvalue weighted by Crippen LogP contribution is 2.31. The minimum Gasteiger partial charge on any atom is -0.354 e. The number of amides is 3. The smallest absolute Gasteiger partial charge is 0.253 e. The molecule has 2 aliphatic heterocycles. The first-order valence-electron chi connectivity index (χ1n) is 19.0. The summed E-state index contributed by atoms with van der Waals surface area (Å²) in [6, 6.07) is 18.2. The molecule has 54 heavy (non-hydrogen) atoms. The summed E-state index contributed by atoms with van der Waals surface area (Å²) >= 11 is 0. The van der Waals surface area contributed by atoms with Gasteiger partial charge >= 0.3 is 0 Å². The zero-order valence-corrected chi connectivity index (χ0v) is 31.4. The number of anilines is 1. The molecule has 0 spiro atoms.